The smallest absolute Gasteiger partial charge is 0.165 e. The zero-order valence-electron chi connectivity index (χ0n) is 9.37. The molecule has 0 aliphatic heterocycles. The first-order valence-electron chi connectivity index (χ1n) is 5.22. The highest BCUT2D eigenvalue weighted by Crippen LogP contribution is 2.21. The number of phenols is 1. The average Bonchev–Trinajstić information content (AvgIpc) is 2.29. The van der Waals surface area contributed by atoms with Crippen molar-refractivity contribution in [3.05, 3.63) is 29.6 Å². The number of nitrogens with one attached hydrogen (secondary N) is 1. The van der Waals surface area contributed by atoms with Crippen molar-refractivity contribution in [1.29, 1.82) is 5.26 Å². The summed E-state index contributed by atoms with van der Waals surface area (Å²) in [6, 6.07) is 5.68. The molecule has 0 amide bonds. The van der Waals surface area contributed by atoms with Gasteiger partial charge in [-0.05, 0) is 31.0 Å². The Morgan fingerprint density at radius 3 is 2.75 bits per heavy atom. The molecule has 0 saturated heterocycles. The molecule has 0 heterocycles. The Balaban J connectivity index is 2.88. The van der Waals surface area contributed by atoms with Gasteiger partial charge in [0.1, 0.15) is 6.04 Å². The molecule has 2 unspecified atom stereocenters. The highest BCUT2D eigenvalue weighted by atomic mass is 19.1. The minimum atomic E-state index is -0.705. The number of benzene rings is 1. The van der Waals surface area contributed by atoms with E-state index in [2.05, 4.69) is 11.4 Å². The van der Waals surface area contributed by atoms with Gasteiger partial charge >= 0.3 is 0 Å². The van der Waals surface area contributed by atoms with Crippen molar-refractivity contribution in [2.24, 2.45) is 0 Å². The summed E-state index contributed by atoms with van der Waals surface area (Å²) in [7, 11) is 0. The summed E-state index contributed by atoms with van der Waals surface area (Å²) in [5.41, 5.74) is 0.526. The Morgan fingerprint density at radius 2 is 2.25 bits per heavy atom. The van der Waals surface area contributed by atoms with Crippen molar-refractivity contribution < 1.29 is 9.50 Å². The number of nitrogens with zero attached hydrogens (tertiary/aromatic N) is 1. The summed E-state index contributed by atoms with van der Waals surface area (Å²) in [5, 5.41) is 21.1. The fourth-order valence-corrected chi connectivity index (χ4v) is 1.31. The van der Waals surface area contributed by atoms with Crippen molar-refractivity contribution in [2.45, 2.75) is 32.4 Å². The molecular weight excluding hydrogens is 207 g/mol. The largest absolute Gasteiger partial charge is 0.505 e. The van der Waals surface area contributed by atoms with Crippen LogP contribution in [0.15, 0.2) is 18.2 Å². The molecule has 16 heavy (non-hydrogen) atoms. The summed E-state index contributed by atoms with van der Waals surface area (Å²) < 4.78 is 13.1. The minimum Gasteiger partial charge on any atom is -0.505 e. The lowest BCUT2D eigenvalue weighted by molar-refractivity contribution is 0.430. The van der Waals surface area contributed by atoms with Crippen LogP contribution in [0.25, 0.3) is 0 Å². The molecule has 1 aromatic rings. The Hall–Kier alpha value is -1.60. The molecule has 4 heteroatoms. The summed E-state index contributed by atoms with van der Waals surface area (Å²) in [6.45, 7) is 3.96. The SMILES string of the molecule is CCC(C)NC(C#N)c1ccc(O)c(F)c1. The molecule has 0 aliphatic carbocycles. The number of hydrogen-bond donors (Lipinski definition) is 2. The second kappa shape index (κ2) is 5.47. The molecule has 0 radical (unpaired) electrons. The average molecular weight is 222 g/mol. The van der Waals surface area contributed by atoms with Crippen LogP contribution in [0.1, 0.15) is 31.9 Å². The molecule has 1 aromatic carbocycles. The van der Waals surface area contributed by atoms with E-state index in [0.29, 0.717) is 5.56 Å². The number of aromatic hydroxyl groups is 1. The van der Waals surface area contributed by atoms with Crippen LogP contribution < -0.4 is 5.32 Å². The summed E-state index contributed by atoms with van der Waals surface area (Å²) in [6.07, 6.45) is 0.888. The second-order valence-corrected chi connectivity index (χ2v) is 3.75. The van der Waals surface area contributed by atoms with Crippen LogP contribution in [0, 0.1) is 17.1 Å². The molecule has 0 saturated carbocycles. The zero-order chi connectivity index (χ0) is 12.1. The van der Waals surface area contributed by atoms with Gasteiger partial charge in [0.2, 0.25) is 0 Å². The molecule has 0 aliphatic rings. The normalized spacial score (nSPS) is 14.1. The first kappa shape index (κ1) is 12.5. The van der Waals surface area contributed by atoms with Crippen molar-refractivity contribution in [2.75, 3.05) is 0 Å². The summed E-state index contributed by atoms with van der Waals surface area (Å²) in [4.78, 5) is 0. The molecule has 86 valence electrons. The monoisotopic (exact) mass is 222 g/mol. The van der Waals surface area contributed by atoms with Gasteiger partial charge in [-0.25, -0.2) is 4.39 Å². The van der Waals surface area contributed by atoms with Gasteiger partial charge in [-0.2, -0.15) is 5.26 Å². The van der Waals surface area contributed by atoms with E-state index in [9.17, 15) is 4.39 Å². The third kappa shape index (κ3) is 2.94. The molecule has 2 atom stereocenters. The summed E-state index contributed by atoms with van der Waals surface area (Å²) in [5.74, 6) is -1.10. The van der Waals surface area contributed by atoms with E-state index < -0.39 is 17.6 Å². The van der Waals surface area contributed by atoms with Crippen molar-refractivity contribution in [3.63, 3.8) is 0 Å². The third-order valence-electron chi connectivity index (χ3n) is 2.50. The van der Waals surface area contributed by atoms with Gasteiger partial charge in [0, 0.05) is 6.04 Å². The van der Waals surface area contributed by atoms with E-state index in [1.165, 1.54) is 12.1 Å². The lowest BCUT2D eigenvalue weighted by atomic mass is 10.1. The molecule has 0 bridgehead atoms. The molecule has 2 N–H and O–H groups in total. The van der Waals surface area contributed by atoms with E-state index in [0.717, 1.165) is 6.42 Å². The van der Waals surface area contributed by atoms with Crippen molar-refractivity contribution in [1.82, 2.24) is 5.32 Å². The van der Waals surface area contributed by atoms with Crippen LogP contribution in [0.3, 0.4) is 0 Å². The predicted molar refractivity (Wildman–Crippen MR) is 59.3 cm³/mol. The van der Waals surface area contributed by atoms with Crippen molar-refractivity contribution >= 4 is 0 Å². The maximum absolute atomic E-state index is 13.1. The van der Waals surface area contributed by atoms with Crippen LogP contribution in [0.4, 0.5) is 4.39 Å². The summed E-state index contributed by atoms with van der Waals surface area (Å²) >= 11 is 0. The first-order chi connectivity index (χ1) is 7.58. The fourth-order valence-electron chi connectivity index (χ4n) is 1.31. The molecule has 0 aromatic heterocycles. The van der Waals surface area contributed by atoms with E-state index in [1.54, 1.807) is 6.07 Å². The van der Waals surface area contributed by atoms with Crippen LogP contribution in [-0.4, -0.2) is 11.1 Å². The topological polar surface area (TPSA) is 56.0 Å². The van der Waals surface area contributed by atoms with Crippen LogP contribution in [-0.2, 0) is 0 Å². The second-order valence-electron chi connectivity index (χ2n) is 3.75. The van der Waals surface area contributed by atoms with E-state index in [1.807, 2.05) is 13.8 Å². The van der Waals surface area contributed by atoms with Gasteiger partial charge in [-0.3, -0.25) is 5.32 Å². The predicted octanol–water partition coefficient (Wildman–Crippen LogP) is 2.48. The van der Waals surface area contributed by atoms with Crippen LogP contribution in [0.2, 0.25) is 0 Å². The number of hydrogen-bond acceptors (Lipinski definition) is 3. The standard InChI is InChI=1S/C12H15FN2O/c1-3-8(2)15-11(7-14)9-4-5-12(16)10(13)6-9/h4-6,8,11,15-16H,3H2,1-2H3. The van der Waals surface area contributed by atoms with E-state index >= 15 is 0 Å². The number of rotatable bonds is 4. The molecule has 0 spiro atoms. The van der Waals surface area contributed by atoms with Crippen LogP contribution in [0.5, 0.6) is 5.75 Å². The van der Waals surface area contributed by atoms with Crippen molar-refractivity contribution in [3.8, 4) is 11.8 Å². The van der Waals surface area contributed by atoms with E-state index in [-0.39, 0.29) is 6.04 Å². The molecule has 0 fully saturated rings. The maximum atomic E-state index is 13.1. The highest BCUT2D eigenvalue weighted by molar-refractivity contribution is 5.32. The Morgan fingerprint density at radius 1 is 1.56 bits per heavy atom. The van der Waals surface area contributed by atoms with Gasteiger partial charge in [-0.15, -0.1) is 0 Å². The number of phenolic OH excluding ortho intramolecular Hbond substituents is 1. The van der Waals surface area contributed by atoms with Gasteiger partial charge < -0.3 is 5.11 Å². The lowest BCUT2D eigenvalue weighted by Gasteiger charge is -2.17. The molecule has 1 rings (SSSR count). The minimum absolute atomic E-state index is 0.182. The Bertz CT molecular complexity index is 400. The Labute approximate surface area is 94.5 Å². The van der Waals surface area contributed by atoms with Gasteiger partial charge in [0.05, 0.1) is 6.07 Å². The van der Waals surface area contributed by atoms with Crippen LogP contribution >= 0.6 is 0 Å². The van der Waals surface area contributed by atoms with Gasteiger partial charge in [0.25, 0.3) is 0 Å². The number of nitriles is 1. The highest BCUT2D eigenvalue weighted by Gasteiger charge is 2.14. The third-order valence-corrected chi connectivity index (χ3v) is 2.50. The lowest BCUT2D eigenvalue weighted by Crippen LogP contribution is -2.29. The zero-order valence-corrected chi connectivity index (χ0v) is 9.37. The van der Waals surface area contributed by atoms with Gasteiger partial charge in [-0.1, -0.05) is 13.0 Å². The van der Waals surface area contributed by atoms with Gasteiger partial charge in [0.15, 0.2) is 11.6 Å². The fraction of sp³-hybridized carbons (Fsp3) is 0.417. The van der Waals surface area contributed by atoms with E-state index in [4.69, 9.17) is 10.4 Å². The number of halogens is 1. The quantitative estimate of drug-likeness (QED) is 0.822. The molecule has 3 nitrogen and oxygen atoms in total. The Kier molecular flexibility index (Phi) is 4.27. The first-order valence-corrected chi connectivity index (χ1v) is 5.22. The molecular formula is C12H15FN2O. The maximum Gasteiger partial charge on any atom is 0.165 e.